The van der Waals surface area contributed by atoms with Crippen molar-refractivity contribution in [1.82, 2.24) is 19.7 Å². The zero-order chi connectivity index (χ0) is 17.1. The summed E-state index contributed by atoms with van der Waals surface area (Å²) in [5.41, 5.74) is 1.02. The summed E-state index contributed by atoms with van der Waals surface area (Å²) in [6, 6.07) is 10.5. The molecule has 1 aliphatic heterocycles. The zero-order valence-electron chi connectivity index (χ0n) is 14.4. The molecule has 2 fully saturated rings. The molecular weight excluding hydrogens is 332 g/mol. The van der Waals surface area contributed by atoms with Crippen LogP contribution in [0.15, 0.2) is 41.8 Å². The molecule has 2 atom stereocenters. The average Bonchev–Trinajstić information content (AvgIpc) is 3.15. The molecule has 0 spiro atoms. The molecule has 6 heteroatoms. The van der Waals surface area contributed by atoms with Gasteiger partial charge in [-0.2, -0.15) is 0 Å². The van der Waals surface area contributed by atoms with Crippen molar-refractivity contribution in [2.75, 3.05) is 12.3 Å². The van der Waals surface area contributed by atoms with Crippen LogP contribution < -0.4 is 0 Å². The second kappa shape index (κ2) is 7.60. The first-order valence-corrected chi connectivity index (χ1v) is 10.2. The van der Waals surface area contributed by atoms with E-state index in [0.29, 0.717) is 11.8 Å². The second-order valence-corrected chi connectivity index (χ2v) is 7.89. The van der Waals surface area contributed by atoms with Gasteiger partial charge in [-0.15, -0.1) is 10.2 Å². The highest BCUT2D eigenvalue weighted by atomic mass is 32.2. The molecule has 1 aromatic heterocycles. The fourth-order valence-corrected chi connectivity index (χ4v) is 5.05. The van der Waals surface area contributed by atoms with Gasteiger partial charge in [-0.05, 0) is 43.7 Å². The fourth-order valence-electron chi connectivity index (χ4n) is 4.23. The number of carbonyl (C=O) groups excluding carboxylic acids is 1. The maximum absolute atomic E-state index is 12.8. The summed E-state index contributed by atoms with van der Waals surface area (Å²) < 4.78 is 1.94. The Labute approximate surface area is 152 Å². The minimum absolute atomic E-state index is 0.254. The number of hydrogen-bond donors (Lipinski definition) is 0. The Kier molecular flexibility index (Phi) is 5.06. The predicted octanol–water partition coefficient (Wildman–Crippen LogP) is 3.54. The molecular formula is C19H24N4OS. The van der Waals surface area contributed by atoms with E-state index in [2.05, 4.69) is 15.1 Å². The topological polar surface area (TPSA) is 51.0 Å². The molecule has 1 aromatic carbocycles. The molecule has 0 N–H and O–H groups in total. The van der Waals surface area contributed by atoms with Crippen LogP contribution in [0.25, 0.3) is 5.69 Å². The lowest BCUT2D eigenvalue weighted by molar-refractivity contribution is -0.134. The number of likely N-dealkylation sites (tertiary alicyclic amines) is 1. The first kappa shape index (κ1) is 16.6. The molecule has 0 radical (unpaired) electrons. The third-order valence-corrected chi connectivity index (χ3v) is 6.37. The maximum atomic E-state index is 12.8. The van der Waals surface area contributed by atoms with Crippen LogP contribution in [0.1, 0.15) is 38.5 Å². The normalized spacial score (nSPS) is 23.3. The van der Waals surface area contributed by atoms with Crippen LogP contribution in [0, 0.1) is 5.92 Å². The summed E-state index contributed by atoms with van der Waals surface area (Å²) in [7, 11) is 0. The molecule has 0 bridgehead atoms. The lowest BCUT2D eigenvalue weighted by atomic mass is 9.78. The Morgan fingerprint density at radius 2 is 1.92 bits per heavy atom. The van der Waals surface area contributed by atoms with Gasteiger partial charge in [-0.3, -0.25) is 9.36 Å². The number of nitrogens with zero attached hydrogens (tertiary/aromatic N) is 4. The van der Waals surface area contributed by atoms with E-state index in [0.717, 1.165) is 29.7 Å². The molecule has 4 rings (SSSR count). The fraction of sp³-hybridized carbons (Fsp3) is 0.526. The van der Waals surface area contributed by atoms with E-state index >= 15 is 0 Å². The highest BCUT2D eigenvalue weighted by molar-refractivity contribution is 7.99. The van der Waals surface area contributed by atoms with Crippen LogP contribution >= 0.6 is 11.8 Å². The largest absolute Gasteiger partial charge is 0.339 e. The number of aromatic nitrogens is 3. The van der Waals surface area contributed by atoms with Gasteiger partial charge in [0.25, 0.3) is 0 Å². The van der Waals surface area contributed by atoms with Crippen molar-refractivity contribution in [3.8, 4) is 5.69 Å². The number of benzene rings is 1. The minimum Gasteiger partial charge on any atom is -0.339 e. The van der Waals surface area contributed by atoms with E-state index in [1.54, 1.807) is 6.33 Å². The van der Waals surface area contributed by atoms with Gasteiger partial charge in [0.1, 0.15) is 6.33 Å². The number of piperidine rings is 1. The molecule has 2 aromatic rings. The molecule has 1 amide bonds. The van der Waals surface area contributed by atoms with Gasteiger partial charge < -0.3 is 4.90 Å². The van der Waals surface area contributed by atoms with Crippen LogP contribution in [-0.4, -0.2) is 43.9 Å². The Bertz CT molecular complexity index is 715. The van der Waals surface area contributed by atoms with Gasteiger partial charge in [0, 0.05) is 18.3 Å². The van der Waals surface area contributed by atoms with Crippen molar-refractivity contribution in [3.05, 3.63) is 36.7 Å². The Morgan fingerprint density at radius 3 is 2.80 bits per heavy atom. The van der Waals surface area contributed by atoms with Crippen LogP contribution in [-0.2, 0) is 4.79 Å². The number of fused-ring (bicyclic) bond motifs is 1. The third-order valence-electron chi connectivity index (χ3n) is 5.44. The number of rotatable bonds is 4. The van der Waals surface area contributed by atoms with E-state index < -0.39 is 0 Å². The molecule has 132 valence electrons. The average molecular weight is 356 g/mol. The van der Waals surface area contributed by atoms with Crippen LogP contribution in [0.3, 0.4) is 0 Å². The SMILES string of the molecule is O=C(CSc1nncn1-c1ccccc1)N1CCCC2CCCCC21. The second-order valence-electron chi connectivity index (χ2n) is 6.95. The van der Waals surface area contributed by atoms with Gasteiger partial charge in [0.05, 0.1) is 5.75 Å². The van der Waals surface area contributed by atoms with Crippen molar-refractivity contribution >= 4 is 17.7 Å². The quantitative estimate of drug-likeness (QED) is 0.786. The Balaban J connectivity index is 1.42. The Hall–Kier alpha value is -1.82. The van der Waals surface area contributed by atoms with Crippen molar-refractivity contribution in [1.29, 1.82) is 0 Å². The van der Waals surface area contributed by atoms with E-state index in [1.807, 2.05) is 34.9 Å². The highest BCUT2D eigenvalue weighted by Gasteiger charge is 2.35. The Morgan fingerprint density at radius 1 is 1.12 bits per heavy atom. The van der Waals surface area contributed by atoms with Gasteiger partial charge in [0.15, 0.2) is 5.16 Å². The monoisotopic (exact) mass is 356 g/mol. The molecule has 2 heterocycles. The van der Waals surface area contributed by atoms with Crippen molar-refractivity contribution in [3.63, 3.8) is 0 Å². The molecule has 25 heavy (non-hydrogen) atoms. The van der Waals surface area contributed by atoms with Crippen molar-refractivity contribution in [2.45, 2.75) is 49.7 Å². The summed E-state index contributed by atoms with van der Waals surface area (Å²) in [6.45, 7) is 0.923. The first-order valence-electron chi connectivity index (χ1n) is 9.20. The third kappa shape index (κ3) is 3.59. The van der Waals surface area contributed by atoms with E-state index in [1.165, 1.54) is 43.9 Å². The summed E-state index contributed by atoms with van der Waals surface area (Å²) in [6.07, 6.45) is 9.23. The molecule has 1 saturated carbocycles. The van der Waals surface area contributed by atoms with E-state index in [9.17, 15) is 4.79 Å². The molecule has 5 nitrogen and oxygen atoms in total. The molecule has 2 aliphatic rings. The van der Waals surface area contributed by atoms with Gasteiger partial charge in [0.2, 0.25) is 5.91 Å². The highest BCUT2D eigenvalue weighted by Crippen LogP contribution is 2.35. The number of amides is 1. The summed E-state index contributed by atoms with van der Waals surface area (Å²) in [5, 5.41) is 8.99. The summed E-state index contributed by atoms with van der Waals surface area (Å²) >= 11 is 1.49. The van der Waals surface area contributed by atoms with Crippen LogP contribution in [0.5, 0.6) is 0 Å². The van der Waals surface area contributed by atoms with E-state index in [4.69, 9.17) is 0 Å². The standard InChI is InChI=1S/C19H24N4OS/c24-18(22-12-6-8-15-7-4-5-11-17(15)22)13-25-19-21-20-14-23(19)16-9-2-1-3-10-16/h1-3,9-10,14-15,17H,4-8,11-13H2. The smallest absolute Gasteiger partial charge is 0.233 e. The van der Waals surface area contributed by atoms with Gasteiger partial charge in [-0.1, -0.05) is 42.8 Å². The lowest BCUT2D eigenvalue weighted by Crippen LogP contribution is -2.50. The number of carbonyl (C=O) groups is 1. The molecule has 2 unspecified atom stereocenters. The van der Waals surface area contributed by atoms with Crippen molar-refractivity contribution < 1.29 is 4.79 Å². The summed E-state index contributed by atoms with van der Waals surface area (Å²) in [5.74, 6) is 1.42. The zero-order valence-corrected chi connectivity index (χ0v) is 15.2. The lowest BCUT2D eigenvalue weighted by Gasteiger charge is -2.44. The van der Waals surface area contributed by atoms with Gasteiger partial charge in [-0.25, -0.2) is 0 Å². The number of para-hydroxylation sites is 1. The first-order chi connectivity index (χ1) is 12.3. The van der Waals surface area contributed by atoms with Crippen LogP contribution in [0.2, 0.25) is 0 Å². The van der Waals surface area contributed by atoms with Gasteiger partial charge >= 0.3 is 0 Å². The van der Waals surface area contributed by atoms with Crippen molar-refractivity contribution in [2.24, 2.45) is 5.92 Å². The maximum Gasteiger partial charge on any atom is 0.233 e. The van der Waals surface area contributed by atoms with E-state index in [-0.39, 0.29) is 5.91 Å². The molecule has 1 saturated heterocycles. The van der Waals surface area contributed by atoms with Crippen LogP contribution in [0.4, 0.5) is 0 Å². The minimum atomic E-state index is 0.254. The number of thioether (sulfide) groups is 1. The molecule has 1 aliphatic carbocycles. The predicted molar refractivity (Wildman–Crippen MR) is 98.8 cm³/mol. The number of hydrogen-bond acceptors (Lipinski definition) is 4. The summed E-state index contributed by atoms with van der Waals surface area (Å²) in [4.78, 5) is 15.0.